The molecule has 1 fully saturated rings. The van der Waals surface area contributed by atoms with E-state index in [0.29, 0.717) is 17.5 Å². The highest BCUT2D eigenvalue weighted by Crippen LogP contribution is 2.52. The Morgan fingerprint density at radius 1 is 1.17 bits per heavy atom. The van der Waals surface area contributed by atoms with Crippen molar-refractivity contribution in [1.82, 2.24) is 10.1 Å². The Morgan fingerprint density at radius 3 is 2.50 bits per heavy atom. The molecule has 3 rings (SSSR count). The monoisotopic (exact) mass is 242 g/mol. The van der Waals surface area contributed by atoms with Crippen LogP contribution < -0.4 is 5.46 Å². The molecule has 0 unspecified atom stereocenters. The first-order chi connectivity index (χ1) is 8.41. The van der Waals surface area contributed by atoms with E-state index >= 15 is 0 Å². The summed E-state index contributed by atoms with van der Waals surface area (Å²) < 4.78 is 5.39. The van der Waals surface area contributed by atoms with Gasteiger partial charge in [-0.3, -0.25) is 4.98 Å². The van der Waals surface area contributed by atoms with E-state index in [1.807, 2.05) is 6.20 Å². The number of hydrogen-bond donors (Lipinski definition) is 0. The van der Waals surface area contributed by atoms with Crippen LogP contribution in [0.1, 0.15) is 27.7 Å². The normalized spacial score (nSPS) is 21.7. The summed E-state index contributed by atoms with van der Waals surface area (Å²) in [6.07, 6.45) is 5.96. The van der Waals surface area contributed by atoms with E-state index in [0.717, 1.165) is 11.1 Å². The van der Waals surface area contributed by atoms with Crippen molar-refractivity contribution in [2.24, 2.45) is 10.8 Å². The number of aromatic nitrogens is 2. The number of fused-ring (bicyclic) bond motifs is 1. The van der Waals surface area contributed by atoms with Crippen molar-refractivity contribution in [1.29, 1.82) is 0 Å². The van der Waals surface area contributed by atoms with Crippen LogP contribution in [-0.4, -0.2) is 16.9 Å². The zero-order valence-electron chi connectivity index (χ0n) is 11.5. The average Bonchev–Trinajstić information content (AvgIpc) is 2.81. The molecule has 0 aliphatic carbocycles. The predicted molar refractivity (Wildman–Crippen MR) is 74.4 cm³/mol. The molecule has 4 heteroatoms. The molecule has 0 spiro atoms. The highest BCUT2D eigenvalue weighted by molar-refractivity contribution is 6.76. The largest absolute Gasteiger partial charge is 0.355 e. The first kappa shape index (κ1) is 11.8. The SMILES string of the molecule is CC1(C)CB(c2ccnc3cnoc23)CC1(C)C. The van der Waals surface area contributed by atoms with Crippen LogP contribution in [0, 0.1) is 10.8 Å². The minimum absolute atomic E-state index is 0.354. The fourth-order valence-electron chi connectivity index (χ4n) is 3.20. The maximum absolute atomic E-state index is 5.39. The van der Waals surface area contributed by atoms with Gasteiger partial charge in [0.1, 0.15) is 5.52 Å². The summed E-state index contributed by atoms with van der Waals surface area (Å²) >= 11 is 0. The molecule has 3 heterocycles. The molecule has 0 amide bonds. The van der Waals surface area contributed by atoms with Crippen molar-refractivity contribution in [3.05, 3.63) is 18.5 Å². The zero-order valence-corrected chi connectivity index (χ0v) is 11.5. The van der Waals surface area contributed by atoms with E-state index < -0.39 is 0 Å². The van der Waals surface area contributed by atoms with Gasteiger partial charge in [-0.1, -0.05) is 45.5 Å². The molecule has 1 aliphatic heterocycles. The molecule has 1 saturated heterocycles. The Hall–Kier alpha value is -1.32. The van der Waals surface area contributed by atoms with Crippen LogP contribution in [0.2, 0.25) is 12.6 Å². The third-order valence-corrected chi connectivity index (χ3v) is 5.07. The molecular weight excluding hydrogens is 223 g/mol. The van der Waals surface area contributed by atoms with E-state index in [1.54, 1.807) is 6.20 Å². The van der Waals surface area contributed by atoms with Crippen molar-refractivity contribution in [3.63, 3.8) is 0 Å². The van der Waals surface area contributed by atoms with Crippen LogP contribution in [-0.2, 0) is 0 Å². The van der Waals surface area contributed by atoms with Crippen LogP contribution in [0.3, 0.4) is 0 Å². The topological polar surface area (TPSA) is 38.9 Å². The molecular formula is C14H19BN2O. The van der Waals surface area contributed by atoms with E-state index in [2.05, 4.69) is 43.9 Å². The number of pyridine rings is 1. The van der Waals surface area contributed by atoms with Gasteiger partial charge < -0.3 is 4.52 Å². The third-order valence-electron chi connectivity index (χ3n) is 5.07. The van der Waals surface area contributed by atoms with Crippen molar-refractivity contribution < 1.29 is 4.52 Å². The number of rotatable bonds is 1. The second-order valence-electron chi connectivity index (χ2n) is 6.81. The summed E-state index contributed by atoms with van der Waals surface area (Å²) in [5.74, 6) is 0. The van der Waals surface area contributed by atoms with E-state index in [9.17, 15) is 0 Å². The summed E-state index contributed by atoms with van der Waals surface area (Å²) in [4.78, 5) is 4.29. The van der Waals surface area contributed by atoms with Crippen molar-refractivity contribution in [2.45, 2.75) is 40.3 Å². The summed E-state index contributed by atoms with van der Waals surface area (Å²) in [7, 11) is 0. The van der Waals surface area contributed by atoms with Crippen molar-refractivity contribution in [2.75, 3.05) is 0 Å². The van der Waals surface area contributed by atoms with Gasteiger partial charge >= 0.3 is 0 Å². The average molecular weight is 242 g/mol. The first-order valence-electron chi connectivity index (χ1n) is 6.60. The van der Waals surface area contributed by atoms with Gasteiger partial charge in [0.2, 0.25) is 0 Å². The molecule has 0 radical (unpaired) electrons. The first-order valence-corrected chi connectivity index (χ1v) is 6.60. The van der Waals surface area contributed by atoms with Crippen LogP contribution in [0.5, 0.6) is 0 Å². The van der Waals surface area contributed by atoms with E-state index in [4.69, 9.17) is 4.52 Å². The fourth-order valence-corrected chi connectivity index (χ4v) is 3.20. The van der Waals surface area contributed by atoms with Crippen molar-refractivity contribution >= 4 is 23.3 Å². The molecule has 3 nitrogen and oxygen atoms in total. The fraction of sp³-hybridized carbons (Fsp3) is 0.571. The zero-order chi connectivity index (χ0) is 13.0. The second kappa shape index (κ2) is 3.59. The van der Waals surface area contributed by atoms with E-state index in [1.165, 1.54) is 18.1 Å². The highest BCUT2D eigenvalue weighted by atomic mass is 16.5. The summed E-state index contributed by atoms with van der Waals surface area (Å²) in [6.45, 7) is 10.0. The van der Waals surface area contributed by atoms with Gasteiger partial charge in [-0.15, -0.1) is 0 Å². The Labute approximate surface area is 108 Å². The van der Waals surface area contributed by atoms with Crippen LogP contribution in [0.15, 0.2) is 23.0 Å². The van der Waals surface area contributed by atoms with Gasteiger partial charge in [0, 0.05) is 6.20 Å². The molecule has 0 atom stereocenters. The highest BCUT2D eigenvalue weighted by Gasteiger charge is 2.48. The molecule has 0 saturated carbocycles. The lowest BCUT2D eigenvalue weighted by molar-refractivity contribution is 0.177. The van der Waals surface area contributed by atoms with E-state index in [-0.39, 0.29) is 0 Å². The van der Waals surface area contributed by atoms with Gasteiger partial charge in [0.15, 0.2) is 12.3 Å². The number of hydrogen-bond acceptors (Lipinski definition) is 3. The molecule has 1 aliphatic rings. The Kier molecular flexibility index (Phi) is 2.35. The molecule has 2 aromatic heterocycles. The van der Waals surface area contributed by atoms with Gasteiger partial charge in [-0.25, -0.2) is 0 Å². The number of nitrogens with zero attached hydrogens (tertiary/aromatic N) is 2. The summed E-state index contributed by atoms with van der Waals surface area (Å²) in [5.41, 5.74) is 3.72. The quantitative estimate of drug-likeness (QED) is 0.721. The minimum atomic E-state index is 0.354. The molecule has 0 bridgehead atoms. The maximum atomic E-state index is 5.39. The van der Waals surface area contributed by atoms with Gasteiger partial charge in [0.25, 0.3) is 0 Å². The molecule has 94 valence electrons. The summed E-state index contributed by atoms with van der Waals surface area (Å²) in [5, 5.41) is 3.87. The van der Waals surface area contributed by atoms with Crippen LogP contribution >= 0.6 is 0 Å². The Morgan fingerprint density at radius 2 is 1.83 bits per heavy atom. The molecule has 0 N–H and O–H groups in total. The second-order valence-corrected chi connectivity index (χ2v) is 6.81. The molecule has 18 heavy (non-hydrogen) atoms. The predicted octanol–water partition coefficient (Wildman–Crippen LogP) is 2.99. The molecule has 0 aromatic carbocycles. The minimum Gasteiger partial charge on any atom is -0.355 e. The van der Waals surface area contributed by atoms with Crippen LogP contribution in [0.25, 0.3) is 11.1 Å². The van der Waals surface area contributed by atoms with Gasteiger partial charge in [0.05, 0.1) is 6.20 Å². The summed E-state index contributed by atoms with van der Waals surface area (Å²) in [6, 6.07) is 2.09. The van der Waals surface area contributed by atoms with Crippen LogP contribution in [0.4, 0.5) is 0 Å². The Bertz CT molecular complexity index is 572. The third kappa shape index (κ3) is 1.58. The smallest absolute Gasteiger partial charge is 0.182 e. The molecule has 2 aromatic rings. The van der Waals surface area contributed by atoms with Crippen molar-refractivity contribution in [3.8, 4) is 0 Å². The lowest BCUT2D eigenvalue weighted by Gasteiger charge is -2.35. The maximum Gasteiger partial charge on any atom is 0.182 e. The van der Waals surface area contributed by atoms with Gasteiger partial charge in [-0.2, -0.15) is 0 Å². The Balaban J connectivity index is 2.05. The standard InChI is InChI=1S/C14H19BN2O/c1-13(2)8-15(9-14(13,3)4)10-5-6-16-11-7-17-18-12(10)11/h5-7H,8-9H2,1-4H3. The van der Waals surface area contributed by atoms with Gasteiger partial charge in [-0.05, 0) is 22.4 Å². The lowest BCUT2D eigenvalue weighted by atomic mass is 9.42. The lowest BCUT2D eigenvalue weighted by Crippen LogP contribution is -2.28.